The third-order valence-electron chi connectivity index (χ3n) is 1.82. The second kappa shape index (κ2) is 6.24. The van der Waals surface area contributed by atoms with E-state index in [1.165, 1.54) is 4.67 Å². The molecule has 6 heteroatoms. The number of nitrogens with zero attached hydrogens (tertiary/aromatic N) is 2. The summed E-state index contributed by atoms with van der Waals surface area (Å²) >= 11 is 0. The maximum atomic E-state index is 11.8. The van der Waals surface area contributed by atoms with Gasteiger partial charge in [0.25, 0.3) is 0 Å². The molecule has 0 rings (SSSR count). The quantitative estimate of drug-likeness (QED) is 0.563. The molecule has 0 amide bonds. The van der Waals surface area contributed by atoms with Gasteiger partial charge < -0.3 is 4.89 Å². The van der Waals surface area contributed by atoms with Crippen molar-refractivity contribution in [3.05, 3.63) is 0 Å². The van der Waals surface area contributed by atoms with E-state index in [9.17, 15) is 9.46 Å². The van der Waals surface area contributed by atoms with Crippen molar-refractivity contribution in [1.29, 1.82) is 5.26 Å². The van der Waals surface area contributed by atoms with Gasteiger partial charge in [0.15, 0.2) is 0 Å². The minimum atomic E-state index is -3.76. The van der Waals surface area contributed by atoms with Crippen LogP contribution < -0.4 is 0 Å². The highest BCUT2D eigenvalue weighted by molar-refractivity contribution is 7.50. The van der Waals surface area contributed by atoms with Gasteiger partial charge in [0, 0.05) is 12.1 Å². The van der Waals surface area contributed by atoms with Gasteiger partial charge in [-0.2, -0.15) is 5.26 Å². The van der Waals surface area contributed by atoms with Crippen LogP contribution in [0.1, 0.15) is 34.1 Å². The van der Waals surface area contributed by atoms with Crippen molar-refractivity contribution in [1.82, 2.24) is 4.67 Å². The lowest BCUT2D eigenvalue weighted by Gasteiger charge is -2.32. The topological polar surface area (TPSA) is 73.6 Å². The number of nitriles is 1. The van der Waals surface area contributed by atoms with Crippen molar-refractivity contribution in [2.24, 2.45) is 0 Å². The molecule has 15 heavy (non-hydrogen) atoms. The molecule has 0 saturated carbocycles. The maximum absolute atomic E-state index is 11.8. The summed E-state index contributed by atoms with van der Waals surface area (Å²) in [5, 5.41) is 8.31. The van der Waals surface area contributed by atoms with Crippen LogP contribution in [0.4, 0.5) is 0 Å². The molecule has 0 saturated heterocycles. The van der Waals surface area contributed by atoms with Gasteiger partial charge in [0.1, 0.15) is 0 Å². The Labute approximate surface area is 91.2 Å². The molecule has 0 aromatic carbocycles. The summed E-state index contributed by atoms with van der Waals surface area (Å²) in [5.41, 5.74) is 0. The van der Waals surface area contributed by atoms with E-state index in [0.29, 0.717) is 0 Å². The Morgan fingerprint density at radius 3 is 2.20 bits per heavy atom. The van der Waals surface area contributed by atoms with Gasteiger partial charge in [0.05, 0.1) is 19.1 Å². The summed E-state index contributed by atoms with van der Waals surface area (Å²) in [6.07, 6.45) is 0.120. The predicted octanol–water partition coefficient (Wildman–Crippen LogP) is 2.14. The summed E-state index contributed by atoms with van der Waals surface area (Å²) in [5.74, 6) is 0. The molecule has 0 aromatic heterocycles. The fraction of sp³-hybridized carbons (Fsp3) is 0.889. The van der Waals surface area contributed by atoms with Crippen molar-refractivity contribution in [2.45, 2.75) is 46.2 Å². The molecule has 0 aliphatic heterocycles. The minimum absolute atomic E-state index is 0.0137. The lowest BCUT2D eigenvalue weighted by molar-refractivity contribution is 0.169. The SMILES string of the molecule is CC(C)N(C(C)C)P(=O)(O)OCCC#N. The van der Waals surface area contributed by atoms with E-state index in [0.717, 1.165) is 0 Å². The summed E-state index contributed by atoms with van der Waals surface area (Å²) in [6, 6.07) is 1.70. The van der Waals surface area contributed by atoms with Gasteiger partial charge in [-0.1, -0.05) is 0 Å². The molecule has 0 heterocycles. The molecular formula is C9H19N2O3P. The van der Waals surface area contributed by atoms with Crippen molar-refractivity contribution in [2.75, 3.05) is 6.61 Å². The summed E-state index contributed by atoms with van der Waals surface area (Å²) in [6.45, 7) is 7.31. The molecule has 0 fully saturated rings. The third-order valence-corrected chi connectivity index (χ3v) is 3.85. The van der Waals surface area contributed by atoms with Gasteiger partial charge in [-0.05, 0) is 27.7 Å². The van der Waals surface area contributed by atoms with Crippen LogP contribution >= 0.6 is 7.75 Å². The number of rotatable bonds is 6. The third kappa shape index (κ3) is 4.76. The highest BCUT2D eigenvalue weighted by Gasteiger charge is 2.33. The van der Waals surface area contributed by atoms with E-state index < -0.39 is 7.75 Å². The number of hydrogen-bond acceptors (Lipinski definition) is 3. The zero-order chi connectivity index (χ0) is 12.1. The molecule has 1 atom stereocenters. The normalized spacial score (nSPS) is 15.7. The molecule has 0 aliphatic rings. The summed E-state index contributed by atoms with van der Waals surface area (Å²) in [7, 11) is -3.76. The molecule has 0 aliphatic carbocycles. The van der Waals surface area contributed by atoms with Crippen LogP contribution in [0.5, 0.6) is 0 Å². The fourth-order valence-corrected chi connectivity index (χ4v) is 3.09. The molecule has 1 unspecified atom stereocenters. The lowest BCUT2D eigenvalue weighted by Crippen LogP contribution is -2.34. The summed E-state index contributed by atoms with van der Waals surface area (Å²) < 4.78 is 18.1. The Balaban J connectivity index is 4.52. The van der Waals surface area contributed by atoms with Crippen LogP contribution in [0.15, 0.2) is 0 Å². The van der Waals surface area contributed by atoms with E-state index in [1.807, 2.05) is 33.8 Å². The fourth-order valence-electron chi connectivity index (χ4n) is 1.46. The van der Waals surface area contributed by atoms with Crippen LogP contribution in [0.2, 0.25) is 0 Å². The van der Waals surface area contributed by atoms with E-state index in [2.05, 4.69) is 0 Å². The first kappa shape index (κ1) is 14.6. The van der Waals surface area contributed by atoms with E-state index in [-0.39, 0.29) is 25.1 Å². The molecular weight excluding hydrogens is 215 g/mol. The molecule has 0 spiro atoms. The highest BCUT2D eigenvalue weighted by atomic mass is 31.2. The van der Waals surface area contributed by atoms with E-state index in [4.69, 9.17) is 9.79 Å². The minimum Gasteiger partial charge on any atom is -0.312 e. The first-order valence-electron chi connectivity index (χ1n) is 4.96. The van der Waals surface area contributed by atoms with Crippen molar-refractivity contribution < 1.29 is 14.0 Å². The molecule has 0 aromatic rings. The van der Waals surface area contributed by atoms with Gasteiger partial charge in [-0.3, -0.25) is 4.52 Å². The van der Waals surface area contributed by atoms with Crippen LogP contribution in [-0.4, -0.2) is 28.3 Å². The molecule has 5 nitrogen and oxygen atoms in total. The largest absolute Gasteiger partial charge is 0.406 e. The van der Waals surface area contributed by atoms with Crippen LogP contribution in [-0.2, 0) is 9.09 Å². The molecule has 0 radical (unpaired) electrons. The Morgan fingerprint density at radius 2 is 1.87 bits per heavy atom. The summed E-state index contributed by atoms with van der Waals surface area (Å²) in [4.78, 5) is 9.69. The van der Waals surface area contributed by atoms with Gasteiger partial charge in [0.2, 0.25) is 0 Å². The van der Waals surface area contributed by atoms with Crippen LogP contribution in [0, 0.1) is 11.3 Å². The monoisotopic (exact) mass is 234 g/mol. The highest BCUT2D eigenvalue weighted by Crippen LogP contribution is 2.49. The second-order valence-electron chi connectivity index (χ2n) is 3.80. The Kier molecular flexibility index (Phi) is 6.07. The van der Waals surface area contributed by atoms with Gasteiger partial charge >= 0.3 is 7.75 Å². The molecule has 88 valence electrons. The van der Waals surface area contributed by atoms with Crippen LogP contribution in [0.25, 0.3) is 0 Å². The lowest BCUT2D eigenvalue weighted by atomic mass is 10.3. The average Bonchev–Trinajstić information content (AvgIpc) is 2.01. The van der Waals surface area contributed by atoms with Crippen molar-refractivity contribution in [3.63, 3.8) is 0 Å². The van der Waals surface area contributed by atoms with Crippen molar-refractivity contribution in [3.8, 4) is 6.07 Å². The Hall–Kier alpha value is -0.400. The number of hydrogen-bond donors (Lipinski definition) is 1. The predicted molar refractivity (Wildman–Crippen MR) is 58.1 cm³/mol. The molecule has 1 N–H and O–H groups in total. The smallest absolute Gasteiger partial charge is 0.312 e. The van der Waals surface area contributed by atoms with Crippen molar-refractivity contribution >= 4 is 7.75 Å². The second-order valence-corrected chi connectivity index (χ2v) is 5.50. The van der Waals surface area contributed by atoms with E-state index >= 15 is 0 Å². The Morgan fingerprint density at radius 1 is 1.40 bits per heavy atom. The average molecular weight is 234 g/mol. The zero-order valence-electron chi connectivity index (χ0n) is 9.67. The zero-order valence-corrected chi connectivity index (χ0v) is 10.6. The van der Waals surface area contributed by atoms with Crippen LogP contribution in [0.3, 0.4) is 0 Å². The van der Waals surface area contributed by atoms with E-state index in [1.54, 1.807) is 0 Å². The first-order chi connectivity index (χ1) is 6.83. The van der Waals surface area contributed by atoms with Gasteiger partial charge in [-0.25, -0.2) is 9.24 Å². The standard InChI is InChI=1S/C9H19N2O3P/c1-8(2)11(9(3)4)15(12,13)14-7-5-6-10/h8-9H,5,7H2,1-4H3,(H,12,13). The molecule has 0 bridgehead atoms. The maximum Gasteiger partial charge on any atom is 0.406 e. The Bertz CT molecular complexity index is 265. The first-order valence-corrected chi connectivity index (χ1v) is 6.49. The van der Waals surface area contributed by atoms with Gasteiger partial charge in [-0.15, -0.1) is 0 Å².